The van der Waals surface area contributed by atoms with Gasteiger partial charge in [-0.1, -0.05) is 18.2 Å². The van der Waals surface area contributed by atoms with E-state index < -0.39 is 0 Å². The molecule has 0 saturated heterocycles. The van der Waals surface area contributed by atoms with Gasteiger partial charge in [-0.05, 0) is 25.0 Å². The Balaban J connectivity index is 2.02. The minimum absolute atomic E-state index is 0.0319. The highest BCUT2D eigenvalue weighted by atomic mass is 16.5. The van der Waals surface area contributed by atoms with Crippen LogP contribution in [0.5, 0.6) is 0 Å². The van der Waals surface area contributed by atoms with Gasteiger partial charge in [0.2, 0.25) is 5.91 Å². The van der Waals surface area contributed by atoms with Crippen molar-refractivity contribution < 1.29 is 14.3 Å². The lowest BCUT2D eigenvalue weighted by molar-refractivity contribution is -0.143. The summed E-state index contributed by atoms with van der Waals surface area (Å²) >= 11 is 0. The molecule has 0 bridgehead atoms. The van der Waals surface area contributed by atoms with Crippen LogP contribution in [0.2, 0.25) is 0 Å². The van der Waals surface area contributed by atoms with E-state index in [2.05, 4.69) is 5.32 Å². The molecule has 1 atom stereocenters. The van der Waals surface area contributed by atoms with Crippen LogP contribution in [-0.2, 0) is 14.3 Å². The zero-order valence-electron chi connectivity index (χ0n) is 9.73. The SMILES string of the molecule is CCOC(=O)CCC1C(=O)Nc2ccccc21. The molecule has 4 nitrogen and oxygen atoms in total. The molecule has 1 aliphatic heterocycles. The van der Waals surface area contributed by atoms with E-state index >= 15 is 0 Å². The average Bonchev–Trinajstić information content (AvgIpc) is 2.62. The number of fused-ring (bicyclic) bond motifs is 1. The van der Waals surface area contributed by atoms with Crippen molar-refractivity contribution in [1.29, 1.82) is 0 Å². The molecule has 4 heteroatoms. The molecular formula is C13H15NO3. The van der Waals surface area contributed by atoms with Crippen LogP contribution in [0.1, 0.15) is 31.2 Å². The first-order chi connectivity index (χ1) is 8.22. The number of carbonyl (C=O) groups excluding carboxylic acids is 2. The summed E-state index contributed by atoms with van der Waals surface area (Å²) in [5, 5.41) is 2.81. The number of esters is 1. The summed E-state index contributed by atoms with van der Waals surface area (Å²) in [6, 6.07) is 7.57. The third-order valence-electron chi connectivity index (χ3n) is 2.85. The van der Waals surface area contributed by atoms with E-state index in [1.54, 1.807) is 6.92 Å². The molecule has 0 aliphatic carbocycles. The van der Waals surface area contributed by atoms with E-state index in [1.807, 2.05) is 24.3 Å². The minimum atomic E-state index is -0.246. The molecule has 0 radical (unpaired) electrons. The van der Waals surface area contributed by atoms with Gasteiger partial charge in [-0.3, -0.25) is 9.59 Å². The second-order valence-electron chi connectivity index (χ2n) is 3.97. The van der Waals surface area contributed by atoms with Crippen molar-refractivity contribution in [2.75, 3.05) is 11.9 Å². The Labute approximate surface area is 100.0 Å². The fourth-order valence-corrected chi connectivity index (χ4v) is 2.06. The molecule has 1 aromatic rings. The normalized spacial score (nSPS) is 17.5. The Morgan fingerprint density at radius 3 is 2.94 bits per heavy atom. The van der Waals surface area contributed by atoms with Crippen LogP contribution in [0.3, 0.4) is 0 Å². The van der Waals surface area contributed by atoms with Gasteiger partial charge >= 0.3 is 5.97 Å². The van der Waals surface area contributed by atoms with E-state index in [9.17, 15) is 9.59 Å². The molecule has 0 aromatic heterocycles. The lowest BCUT2D eigenvalue weighted by atomic mass is 9.96. The summed E-state index contributed by atoms with van der Waals surface area (Å²) < 4.78 is 4.85. The smallest absolute Gasteiger partial charge is 0.305 e. The van der Waals surface area contributed by atoms with E-state index in [4.69, 9.17) is 4.74 Å². The zero-order valence-corrected chi connectivity index (χ0v) is 9.73. The summed E-state index contributed by atoms with van der Waals surface area (Å²) in [7, 11) is 0. The van der Waals surface area contributed by atoms with Crippen LogP contribution in [0.15, 0.2) is 24.3 Å². The maximum absolute atomic E-state index is 11.7. The number of amides is 1. The van der Waals surface area contributed by atoms with Gasteiger partial charge in [0.15, 0.2) is 0 Å². The number of benzene rings is 1. The monoisotopic (exact) mass is 233 g/mol. The summed E-state index contributed by atoms with van der Waals surface area (Å²) in [5.74, 6) is -0.504. The van der Waals surface area contributed by atoms with Gasteiger partial charge in [0, 0.05) is 12.1 Å². The van der Waals surface area contributed by atoms with Crippen molar-refractivity contribution in [2.24, 2.45) is 0 Å². The summed E-state index contributed by atoms with van der Waals surface area (Å²) in [6.45, 7) is 2.15. The lowest BCUT2D eigenvalue weighted by Gasteiger charge is -2.07. The molecule has 17 heavy (non-hydrogen) atoms. The quantitative estimate of drug-likeness (QED) is 0.810. The Morgan fingerprint density at radius 2 is 2.18 bits per heavy atom. The topological polar surface area (TPSA) is 55.4 Å². The van der Waals surface area contributed by atoms with Gasteiger partial charge < -0.3 is 10.1 Å². The van der Waals surface area contributed by atoms with Crippen LogP contribution in [0, 0.1) is 0 Å². The molecule has 0 fully saturated rings. The van der Waals surface area contributed by atoms with Crippen molar-refractivity contribution in [2.45, 2.75) is 25.7 Å². The highest BCUT2D eigenvalue weighted by Gasteiger charge is 2.30. The summed E-state index contributed by atoms with van der Waals surface area (Å²) in [5.41, 5.74) is 1.83. The number of hydrogen-bond donors (Lipinski definition) is 1. The van der Waals surface area contributed by atoms with E-state index in [-0.39, 0.29) is 24.2 Å². The van der Waals surface area contributed by atoms with Gasteiger partial charge in [-0.25, -0.2) is 0 Å². The van der Waals surface area contributed by atoms with Crippen molar-refractivity contribution in [3.63, 3.8) is 0 Å². The van der Waals surface area contributed by atoms with E-state index in [1.165, 1.54) is 0 Å². The second kappa shape index (κ2) is 4.99. The Bertz CT molecular complexity index is 442. The fraction of sp³-hybridized carbons (Fsp3) is 0.385. The number of para-hydroxylation sites is 1. The highest BCUT2D eigenvalue weighted by molar-refractivity contribution is 6.02. The summed E-state index contributed by atoms with van der Waals surface area (Å²) in [6.07, 6.45) is 0.780. The zero-order chi connectivity index (χ0) is 12.3. The molecule has 1 heterocycles. The maximum Gasteiger partial charge on any atom is 0.305 e. The number of hydrogen-bond acceptors (Lipinski definition) is 3. The van der Waals surface area contributed by atoms with Gasteiger partial charge in [0.05, 0.1) is 12.5 Å². The average molecular weight is 233 g/mol. The number of carbonyl (C=O) groups is 2. The van der Waals surface area contributed by atoms with Gasteiger partial charge in [0.1, 0.15) is 0 Å². The first-order valence-corrected chi connectivity index (χ1v) is 5.77. The largest absolute Gasteiger partial charge is 0.466 e. The molecule has 1 N–H and O–H groups in total. The number of anilines is 1. The standard InChI is InChI=1S/C13H15NO3/c1-2-17-12(15)8-7-10-9-5-3-4-6-11(9)14-13(10)16/h3-6,10H,2,7-8H2,1H3,(H,14,16). The highest BCUT2D eigenvalue weighted by Crippen LogP contribution is 2.34. The van der Waals surface area contributed by atoms with Gasteiger partial charge in [0.25, 0.3) is 0 Å². The van der Waals surface area contributed by atoms with Crippen LogP contribution in [-0.4, -0.2) is 18.5 Å². The summed E-state index contributed by atoms with van der Waals surface area (Å²) in [4.78, 5) is 23.0. The molecule has 2 rings (SSSR count). The van der Waals surface area contributed by atoms with E-state index in [0.717, 1.165) is 11.3 Å². The van der Waals surface area contributed by atoms with Crippen LogP contribution in [0.4, 0.5) is 5.69 Å². The predicted octanol–water partition coefficient (Wildman–Crippen LogP) is 2.07. The number of ether oxygens (including phenoxy) is 1. The molecule has 0 spiro atoms. The van der Waals surface area contributed by atoms with Crippen molar-refractivity contribution in [3.05, 3.63) is 29.8 Å². The lowest BCUT2D eigenvalue weighted by Crippen LogP contribution is -2.14. The molecule has 0 saturated carbocycles. The Morgan fingerprint density at radius 1 is 1.41 bits per heavy atom. The molecule has 1 amide bonds. The molecule has 1 aromatic carbocycles. The molecule has 90 valence electrons. The van der Waals surface area contributed by atoms with Crippen molar-refractivity contribution in [1.82, 2.24) is 0 Å². The maximum atomic E-state index is 11.7. The van der Waals surface area contributed by atoms with Crippen LogP contribution >= 0.6 is 0 Å². The predicted molar refractivity (Wildman–Crippen MR) is 63.7 cm³/mol. The van der Waals surface area contributed by atoms with Gasteiger partial charge in [-0.2, -0.15) is 0 Å². The Kier molecular flexibility index (Phi) is 3.42. The third-order valence-corrected chi connectivity index (χ3v) is 2.85. The number of rotatable bonds is 4. The third kappa shape index (κ3) is 2.46. The van der Waals surface area contributed by atoms with Crippen LogP contribution < -0.4 is 5.32 Å². The van der Waals surface area contributed by atoms with E-state index in [0.29, 0.717) is 13.0 Å². The van der Waals surface area contributed by atoms with Crippen LogP contribution in [0.25, 0.3) is 0 Å². The molecular weight excluding hydrogens is 218 g/mol. The Hall–Kier alpha value is -1.84. The second-order valence-corrected chi connectivity index (χ2v) is 3.97. The molecule has 1 aliphatic rings. The number of nitrogens with one attached hydrogen (secondary N) is 1. The van der Waals surface area contributed by atoms with Crippen molar-refractivity contribution >= 4 is 17.6 Å². The minimum Gasteiger partial charge on any atom is -0.466 e. The first-order valence-electron chi connectivity index (χ1n) is 5.77. The molecule has 1 unspecified atom stereocenters. The fourth-order valence-electron chi connectivity index (χ4n) is 2.06. The first kappa shape index (κ1) is 11.6. The van der Waals surface area contributed by atoms with Crippen molar-refractivity contribution in [3.8, 4) is 0 Å². The van der Waals surface area contributed by atoms with Gasteiger partial charge in [-0.15, -0.1) is 0 Å².